The molecule has 2 aromatic carbocycles. The molecule has 2 N–H and O–H groups in total. The van der Waals surface area contributed by atoms with Crippen LogP contribution in [-0.4, -0.2) is 44.3 Å². The Kier molecular flexibility index (Phi) is 8.88. The molecule has 0 saturated carbocycles. The summed E-state index contributed by atoms with van der Waals surface area (Å²) in [6.07, 6.45) is -1.97. The third-order valence-corrected chi connectivity index (χ3v) is 7.58. The molecule has 1 fully saturated rings. The Morgan fingerprint density at radius 1 is 1.16 bits per heavy atom. The third-order valence-electron chi connectivity index (χ3n) is 7.58. The van der Waals surface area contributed by atoms with Crippen molar-refractivity contribution in [3.8, 4) is 0 Å². The number of halogens is 4. The van der Waals surface area contributed by atoms with E-state index in [1.807, 2.05) is 37.3 Å². The maximum atomic E-state index is 13.7. The lowest BCUT2D eigenvalue weighted by molar-refractivity contribution is -0.183. The van der Waals surface area contributed by atoms with Crippen LogP contribution in [0.4, 0.5) is 22.4 Å². The number of alkyl carbamates (subject to hydrolysis) is 1. The summed E-state index contributed by atoms with van der Waals surface area (Å²) < 4.78 is 60.4. The van der Waals surface area contributed by atoms with E-state index in [-0.39, 0.29) is 31.1 Å². The molecule has 1 aliphatic heterocycles. The standard InChI is InChI=1S/C30H30F4N6O3/c1-2-24(19-8-10-22(31)11-9-19)26(38-29(42)43-17-18-6-4-3-5-7-18)25-16-40-28(37-25)36-15-23(39-40)13-20-12-21(30(32,33)34)14-35-27(20)41/h3-11,15-16,20-21,24,26H,2,12-14,17H2,1H3,(H,35,41)(H,38,42)/t20-,21-,24+,26+/m1/s1. The van der Waals surface area contributed by atoms with Gasteiger partial charge in [0.1, 0.15) is 12.4 Å². The van der Waals surface area contributed by atoms with Crippen LogP contribution in [0.15, 0.2) is 67.0 Å². The average Bonchev–Trinajstić information content (AvgIpc) is 3.41. The van der Waals surface area contributed by atoms with Crippen LogP contribution in [0.25, 0.3) is 5.78 Å². The van der Waals surface area contributed by atoms with Gasteiger partial charge in [0.2, 0.25) is 5.91 Å². The molecule has 0 radical (unpaired) electrons. The van der Waals surface area contributed by atoms with Crippen molar-refractivity contribution in [1.29, 1.82) is 0 Å². The SMILES string of the molecule is CC[C@@H](c1ccc(F)cc1)[C@H](NC(=O)OCc1ccccc1)c1cn2nc(C[C@H]3C[C@@H](C(F)(F)F)CNC3=O)cnc2n1. The molecular weight excluding hydrogens is 568 g/mol. The first-order chi connectivity index (χ1) is 20.6. The van der Waals surface area contributed by atoms with E-state index in [0.29, 0.717) is 17.8 Å². The second-order valence-corrected chi connectivity index (χ2v) is 10.5. The molecule has 2 aromatic heterocycles. The second kappa shape index (κ2) is 12.8. The first-order valence-corrected chi connectivity index (χ1v) is 13.9. The lowest BCUT2D eigenvalue weighted by atomic mass is 9.86. The molecule has 1 saturated heterocycles. The Morgan fingerprint density at radius 2 is 1.91 bits per heavy atom. The second-order valence-electron chi connectivity index (χ2n) is 10.5. The predicted octanol–water partition coefficient (Wildman–Crippen LogP) is 5.28. The van der Waals surface area contributed by atoms with Crippen LogP contribution in [0.5, 0.6) is 0 Å². The fourth-order valence-electron chi connectivity index (χ4n) is 5.31. The molecular formula is C30H30F4N6O3. The molecule has 0 bridgehead atoms. The van der Waals surface area contributed by atoms with Crippen molar-refractivity contribution in [2.75, 3.05) is 6.54 Å². The molecule has 3 heterocycles. The quantitative estimate of drug-likeness (QED) is 0.254. The van der Waals surface area contributed by atoms with Crippen LogP contribution in [0.3, 0.4) is 0 Å². The van der Waals surface area contributed by atoms with Crippen LogP contribution >= 0.6 is 0 Å². The van der Waals surface area contributed by atoms with Gasteiger partial charge in [0.05, 0.1) is 35.7 Å². The highest BCUT2D eigenvalue weighted by Gasteiger charge is 2.44. The van der Waals surface area contributed by atoms with E-state index < -0.39 is 48.4 Å². The van der Waals surface area contributed by atoms with E-state index in [0.717, 1.165) is 11.1 Å². The Labute approximate surface area is 244 Å². The van der Waals surface area contributed by atoms with Crippen LogP contribution < -0.4 is 10.6 Å². The Balaban J connectivity index is 1.40. The van der Waals surface area contributed by atoms with E-state index in [2.05, 4.69) is 25.7 Å². The summed E-state index contributed by atoms with van der Waals surface area (Å²) >= 11 is 0. The number of hydrogen-bond acceptors (Lipinski definition) is 6. The van der Waals surface area contributed by atoms with Crippen molar-refractivity contribution in [3.05, 3.63) is 95.3 Å². The summed E-state index contributed by atoms with van der Waals surface area (Å²) in [4.78, 5) is 34.1. The number of benzene rings is 2. The summed E-state index contributed by atoms with van der Waals surface area (Å²) in [6, 6.07) is 14.4. The van der Waals surface area contributed by atoms with Gasteiger partial charge < -0.3 is 15.4 Å². The number of nitrogens with zero attached hydrogens (tertiary/aromatic N) is 4. The minimum absolute atomic E-state index is 0.0322. The van der Waals surface area contributed by atoms with Crippen LogP contribution in [0.2, 0.25) is 0 Å². The first kappa shape index (κ1) is 29.9. The van der Waals surface area contributed by atoms with Gasteiger partial charge in [-0.25, -0.2) is 23.7 Å². The normalized spacial score (nSPS) is 18.6. The molecule has 4 aromatic rings. The molecule has 226 valence electrons. The lowest BCUT2D eigenvalue weighted by Crippen LogP contribution is -2.47. The Hall–Kier alpha value is -4.55. The zero-order valence-electron chi connectivity index (χ0n) is 23.2. The van der Waals surface area contributed by atoms with Crippen molar-refractivity contribution >= 4 is 17.8 Å². The summed E-state index contributed by atoms with van der Waals surface area (Å²) in [6.45, 7) is 1.53. The molecule has 0 unspecified atom stereocenters. The highest BCUT2D eigenvalue weighted by molar-refractivity contribution is 5.79. The molecule has 43 heavy (non-hydrogen) atoms. The van der Waals surface area contributed by atoms with E-state index in [1.54, 1.807) is 18.3 Å². The lowest BCUT2D eigenvalue weighted by Gasteiger charge is -2.30. The molecule has 1 aliphatic rings. The van der Waals surface area contributed by atoms with E-state index >= 15 is 0 Å². The highest BCUT2D eigenvalue weighted by atomic mass is 19.4. The van der Waals surface area contributed by atoms with Gasteiger partial charge in [-0.15, -0.1) is 0 Å². The van der Waals surface area contributed by atoms with Crippen molar-refractivity contribution in [3.63, 3.8) is 0 Å². The zero-order valence-corrected chi connectivity index (χ0v) is 23.2. The van der Waals surface area contributed by atoms with Gasteiger partial charge in [0, 0.05) is 24.8 Å². The number of carbonyl (C=O) groups excluding carboxylic acids is 2. The molecule has 0 spiro atoms. The number of amides is 2. The van der Waals surface area contributed by atoms with Gasteiger partial charge in [-0.2, -0.15) is 18.3 Å². The number of hydrogen-bond donors (Lipinski definition) is 2. The smallest absolute Gasteiger partial charge is 0.408 e. The van der Waals surface area contributed by atoms with Gasteiger partial charge in [-0.3, -0.25) is 4.79 Å². The van der Waals surface area contributed by atoms with Crippen molar-refractivity contribution in [2.45, 2.75) is 50.9 Å². The summed E-state index contributed by atoms with van der Waals surface area (Å²) in [5.74, 6) is -3.54. The molecule has 9 nitrogen and oxygen atoms in total. The number of rotatable bonds is 9. The van der Waals surface area contributed by atoms with E-state index in [9.17, 15) is 27.2 Å². The molecule has 5 rings (SSSR count). The van der Waals surface area contributed by atoms with E-state index in [4.69, 9.17) is 4.74 Å². The van der Waals surface area contributed by atoms with Crippen molar-refractivity contribution in [2.24, 2.45) is 11.8 Å². The van der Waals surface area contributed by atoms with Crippen molar-refractivity contribution in [1.82, 2.24) is 30.2 Å². The number of carbonyl (C=O) groups is 2. The Morgan fingerprint density at radius 3 is 2.60 bits per heavy atom. The number of imidazole rings is 1. The van der Waals surface area contributed by atoms with E-state index in [1.165, 1.54) is 22.8 Å². The number of nitrogens with one attached hydrogen (secondary N) is 2. The maximum Gasteiger partial charge on any atom is 0.408 e. The monoisotopic (exact) mass is 598 g/mol. The van der Waals surface area contributed by atoms with Crippen LogP contribution in [0.1, 0.15) is 54.2 Å². The maximum absolute atomic E-state index is 13.7. The number of piperidine rings is 1. The van der Waals surface area contributed by atoms with Crippen LogP contribution in [0, 0.1) is 17.7 Å². The number of aromatic nitrogens is 4. The zero-order chi connectivity index (χ0) is 30.6. The minimum Gasteiger partial charge on any atom is -0.445 e. The molecule has 4 atom stereocenters. The van der Waals surface area contributed by atoms with Gasteiger partial charge in [0.15, 0.2) is 0 Å². The van der Waals surface area contributed by atoms with Gasteiger partial charge in [-0.1, -0.05) is 49.4 Å². The van der Waals surface area contributed by atoms with Gasteiger partial charge >= 0.3 is 12.3 Å². The fourth-order valence-corrected chi connectivity index (χ4v) is 5.31. The number of fused-ring (bicyclic) bond motifs is 1. The summed E-state index contributed by atoms with van der Waals surface area (Å²) in [7, 11) is 0. The Bertz CT molecular complexity index is 1560. The summed E-state index contributed by atoms with van der Waals surface area (Å²) in [5, 5.41) is 9.68. The van der Waals surface area contributed by atoms with Gasteiger partial charge in [0.25, 0.3) is 5.78 Å². The first-order valence-electron chi connectivity index (χ1n) is 13.9. The third kappa shape index (κ3) is 7.27. The average molecular weight is 599 g/mol. The molecule has 13 heteroatoms. The fraction of sp³-hybridized carbons (Fsp3) is 0.367. The van der Waals surface area contributed by atoms with Crippen LogP contribution in [-0.2, 0) is 22.6 Å². The highest BCUT2D eigenvalue weighted by Crippen LogP contribution is 2.35. The largest absolute Gasteiger partial charge is 0.445 e. The molecule has 2 amide bonds. The van der Waals surface area contributed by atoms with Crippen molar-refractivity contribution < 1.29 is 31.9 Å². The minimum atomic E-state index is -4.41. The summed E-state index contributed by atoms with van der Waals surface area (Å²) in [5.41, 5.74) is 2.29. The number of alkyl halides is 3. The molecule has 0 aliphatic carbocycles. The predicted molar refractivity (Wildman–Crippen MR) is 147 cm³/mol. The number of ether oxygens (including phenoxy) is 1. The van der Waals surface area contributed by atoms with Gasteiger partial charge in [-0.05, 0) is 36.1 Å². The topological polar surface area (TPSA) is 111 Å².